The molecule has 0 radical (unpaired) electrons. The molecule has 0 atom stereocenters. The Bertz CT molecular complexity index is 2490. The van der Waals surface area contributed by atoms with Gasteiger partial charge in [-0.05, 0) is 47.5 Å². The number of rotatable bonds is 9. The molecule has 0 amide bonds. The number of nitriles is 2. The number of nitro groups is 1. The molecule has 0 spiro atoms. The third kappa shape index (κ3) is 8.35. The molecule has 5 aromatic carbocycles. The minimum absolute atomic E-state index is 0.0175. The van der Waals surface area contributed by atoms with E-state index >= 15 is 0 Å². The second-order valence-corrected chi connectivity index (χ2v) is 11.9. The summed E-state index contributed by atoms with van der Waals surface area (Å²) in [6.07, 6.45) is 3.19. The van der Waals surface area contributed by atoms with E-state index in [1.165, 1.54) is 18.2 Å². The Morgan fingerprint density at radius 2 is 1.17 bits per heavy atom. The molecule has 0 aliphatic carbocycles. The van der Waals surface area contributed by atoms with Crippen molar-refractivity contribution in [3.63, 3.8) is 0 Å². The van der Waals surface area contributed by atoms with Crippen molar-refractivity contribution >= 4 is 50.7 Å². The largest absolute Gasteiger partial charge is 0.487 e. The molecule has 7 aromatic rings. The summed E-state index contributed by atoms with van der Waals surface area (Å²) in [5.41, 5.74) is 3.80. The highest BCUT2D eigenvalue weighted by atomic mass is 35.5. The van der Waals surface area contributed by atoms with Gasteiger partial charge in [-0.2, -0.15) is 10.5 Å². The van der Waals surface area contributed by atoms with Gasteiger partial charge >= 0.3 is 0 Å². The van der Waals surface area contributed by atoms with Crippen LogP contribution in [0.25, 0.3) is 21.8 Å². The number of fused-ring (bicyclic) bond motifs is 2. The first-order chi connectivity index (χ1) is 25.3. The molecule has 0 saturated carbocycles. The Hall–Kier alpha value is -6.72. The highest BCUT2D eigenvalue weighted by Crippen LogP contribution is 2.36. The van der Waals surface area contributed by atoms with Crippen LogP contribution in [-0.4, -0.2) is 14.9 Å². The number of benzene rings is 5. The molecule has 2 heterocycles. The maximum atomic E-state index is 11.1. The summed E-state index contributed by atoms with van der Waals surface area (Å²) >= 11 is 12.0. The van der Waals surface area contributed by atoms with E-state index in [0.29, 0.717) is 63.0 Å². The molecule has 0 aliphatic heterocycles. The van der Waals surface area contributed by atoms with Crippen molar-refractivity contribution in [3.05, 3.63) is 170 Å². The normalized spacial score (nSPS) is 10.4. The van der Waals surface area contributed by atoms with Crippen molar-refractivity contribution in [2.45, 2.75) is 13.2 Å². The lowest BCUT2D eigenvalue weighted by molar-refractivity contribution is -0.384. The molecule has 12 heteroatoms. The van der Waals surface area contributed by atoms with Gasteiger partial charge in [0.05, 0.1) is 38.2 Å². The fraction of sp³-hybridized carbons (Fsp3) is 0.0500. The second-order valence-electron chi connectivity index (χ2n) is 11.1. The van der Waals surface area contributed by atoms with Crippen LogP contribution in [0.15, 0.2) is 128 Å². The summed E-state index contributed by atoms with van der Waals surface area (Å²) < 4.78 is 17.5. The van der Waals surface area contributed by atoms with Crippen LogP contribution in [0.3, 0.4) is 0 Å². The van der Waals surface area contributed by atoms with E-state index in [-0.39, 0.29) is 16.5 Å². The van der Waals surface area contributed by atoms with E-state index in [1.54, 1.807) is 48.8 Å². The van der Waals surface area contributed by atoms with E-state index in [2.05, 4.69) is 22.1 Å². The van der Waals surface area contributed by atoms with E-state index in [4.69, 9.17) is 37.4 Å². The highest BCUT2D eigenvalue weighted by Gasteiger charge is 2.16. The minimum atomic E-state index is -0.579. The number of nitrogens with zero attached hydrogens (tertiary/aromatic N) is 5. The lowest BCUT2D eigenvalue weighted by Gasteiger charge is -2.12. The molecule has 0 saturated heterocycles. The first-order valence-corrected chi connectivity index (χ1v) is 16.3. The van der Waals surface area contributed by atoms with Gasteiger partial charge in [0, 0.05) is 35.3 Å². The average Bonchev–Trinajstić information content (AvgIpc) is 3.17. The minimum Gasteiger partial charge on any atom is -0.487 e. The third-order valence-electron chi connectivity index (χ3n) is 7.65. The molecule has 0 N–H and O–H groups in total. The first-order valence-electron chi connectivity index (χ1n) is 15.6. The summed E-state index contributed by atoms with van der Waals surface area (Å²) in [5, 5.41) is 31.9. The molecule has 10 nitrogen and oxygen atoms in total. The van der Waals surface area contributed by atoms with Gasteiger partial charge in [-0.1, -0.05) is 83.9 Å². The van der Waals surface area contributed by atoms with Gasteiger partial charge in [-0.3, -0.25) is 20.1 Å². The van der Waals surface area contributed by atoms with Crippen LogP contribution in [0.2, 0.25) is 10.0 Å². The fourth-order valence-corrected chi connectivity index (χ4v) is 5.48. The van der Waals surface area contributed by atoms with Crippen molar-refractivity contribution in [1.29, 1.82) is 10.5 Å². The van der Waals surface area contributed by atoms with Crippen LogP contribution in [-0.2, 0) is 13.2 Å². The van der Waals surface area contributed by atoms with Crippen LogP contribution in [0.4, 0.5) is 5.69 Å². The number of hydrogen-bond acceptors (Lipinski definition) is 9. The Labute approximate surface area is 307 Å². The molecule has 0 fully saturated rings. The topological polar surface area (TPSA) is 144 Å². The lowest BCUT2D eigenvalue weighted by Crippen LogP contribution is -1.98. The molecule has 2 aromatic heterocycles. The van der Waals surface area contributed by atoms with E-state index in [9.17, 15) is 20.6 Å². The third-order valence-corrected chi connectivity index (χ3v) is 8.30. The highest BCUT2D eigenvalue weighted by molar-refractivity contribution is 6.35. The molecule has 0 bridgehead atoms. The molecule has 254 valence electrons. The van der Waals surface area contributed by atoms with Gasteiger partial charge in [-0.15, -0.1) is 0 Å². The van der Waals surface area contributed by atoms with Crippen LogP contribution in [0.1, 0.15) is 22.3 Å². The zero-order valence-electron chi connectivity index (χ0n) is 27.1. The van der Waals surface area contributed by atoms with E-state index in [1.807, 2.05) is 60.7 Å². The van der Waals surface area contributed by atoms with Crippen molar-refractivity contribution in [2.24, 2.45) is 0 Å². The number of ether oxygens (including phenoxy) is 3. The lowest BCUT2D eigenvalue weighted by atomic mass is 10.1. The number of aromatic nitrogens is 2. The SMILES string of the molecule is N#Cc1cc2c(Cl)ccnc2cc1OCc1ccccc1.N#Cc1cc2c(Oc3ccc(Cl)c([N+](=O)[O-])c3)ccnc2cc1OCc1ccccc1. The Morgan fingerprint density at radius 1 is 0.635 bits per heavy atom. The average molecular weight is 727 g/mol. The number of hydrogen-bond donors (Lipinski definition) is 0. The zero-order chi connectivity index (χ0) is 36.5. The van der Waals surface area contributed by atoms with Crippen molar-refractivity contribution in [1.82, 2.24) is 9.97 Å². The number of nitro benzene ring substituents is 1. The second kappa shape index (κ2) is 16.3. The van der Waals surface area contributed by atoms with Gasteiger partial charge in [-0.25, -0.2) is 0 Å². The Balaban J connectivity index is 0.000000192. The number of pyridine rings is 2. The van der Waals surface area contributed by atoms with Crippen LogP contribution >= 0.6 is 23.2 Å². The standard InChI is InChI=1S/C23H14ClN3O4.C17H11ClN2O/c24-19-7-6-17(11-21(19)27(28)29)31-22-8-9-26-20-12-23(16(13-25)10-18(20)22)30-14-15-4-2-1-3-5-15;18-15-6-7-20-16-9-17(13(10-19)8-14(15)16)21-11-12-4-2-1-3-5-12/h1-12H,14H2;1-9H,11H2. The molecular weight excluding hydrogens is 701 g/mol. The Kier molecular flexibility index (Phi) is 11.0. The summed E-state index contributed by atoms with van der Waals surface area (Å²) in [5.74, 6) is 1.56. The smallest absolute Gasteiger partial charge is 0.291 e. The van der Waals surface area contributed by atoms with E-state index in [0.717, 1.165) is 16.5 Å². The van der Waals surface area contributed by atoms with Gasteiger partial charge in [0.1, 0.15) is 53.4 Å². The van der Waals surface area contributed by atoms with Gasteiger partial charge < -0.3 is 14.2 Å². The first kappa shape index (κ1) is 35.1. The van der Waals surface area contributed by atoms with Crippen LogP contribution in [0, 0.1) is 32.8 Å². The molecular formula is C40H25Cl2N5O5. The number of halogens is 2. The molecule has 52 heavy (non-hydrogen) atoms. The summed E-state index contributed by atoms with van der Waals surface area (Å²) in [4.78, 5) is 19.1. The molecule has 7 rings (SSSR count). The van der Waals surface area contributed by atoms with Gasteiger partial charge in [0.2, 0.25) is 0 Å². The summed E-state index contributed by atoms with van der Waals surface area (Å²) in [6.45, 7) is 0.716. The van der Waals surface area contributed by atoms with Gasteiger partial charge in [0.25, 0.3) is 5.69 Å². The van der Waals surface area contributed by atoms with Crippen LogP contribution in [0.5, 0.6) is 23.0 Å². The van der Waals surface area contributed by atoms with Crippen molar-refractivity contribution < 1.29 is 19.1 Å². The molecule has 0 aliphatic rings. The quantitative estimate of drug-likeness (QED) is 0.105. The van der Waals surface area contributed by atoms with E-state index < -0.39 is 4.92 Å². The molecule has 0 unspecified atom stereocenters. The predicted molar refractivity (Wildman–Crippen MR) is 198 cm³/mol. The summed E-state index contributed by atoms with van der Waals surface area (Å²) in [6, 6.07) is 37.9. The zero-order valence-corrected chi connectivity index (χ0v) is 28.6. The predicted octanol–water partition coefficient (Wildman–Crippen LogP) is 10.4. The van der Waals surface area contributed by atoms with Crippen LogP contribution < -0.4 is 14.2 Å². The summed E-state index contributed by atoms with van der Waals surface area (Å²) in [7, 11) is 0. The van der Waals surface area contributed by atoms with Gasteiger partial charge in [0.15, 0.2) is 0 Å². The Morgan fingerprint density at radius 3 is 1.73 bits per heavy atom. The maximum Gasteiger partial charge on any atom is 0.291 e. The maximum absolute atomic E-state index is 11.1. The van der Waals surface area contributed by atoms with Crippen molar-refractivity contribution in [3.8, 4) is 35.1 Å². The van der Waals surface area contributed by atoms with Crippen molar-refractivity contribution in [2.75, 3.05) is 0 Å². The monoisotopic (exact) mass is 725 g/mol. The fourth-order valence-electron chi connectivity index (χ4n) is 5.08.